The lowest BCUT2D eigenvalue weighted by Crippen LogP contribution is -2.50. The molecule has 8 nitrogen and oxygen atoms in total. The zero-order chi connectivity index (χ0) is 17.5. The minimum atomic E-state index is -3.72. The topological polar surface area (TPSA) is 103 Å². The molecular formula is C13H25N2O6PS. The third kappa shape index (κ3) is 6.43. The second-order valence-corrected chi connectivity index (χ2v) is 7.80. The second-order valence-electron chi connectivity index (χ2n) is 5.73. The molecule has 2 atom stereocenters. The molecule has 0 bridgehead atoms. The maximum Gasteiger partial charge on any atom is 0.475 e. The van der Waals surface area contributed by atoms with Crippen LogP contribution in [0.25, 0.3) is 0 Å². The molecule has 0 aromatic carbocycles. The van der Waals surface area contributed by atoms with E-state index in [9.17, 15) is 14.2 Å². The van der Waals surface area contributed by atoms with Crippen molar-refractivity contribution in [1.29, 1.82) is 0 Å². The van der Waals surface area contributed by atoms with E-state index in [1.807, 2.05) is 0 Å². The number of phosphoric ester groups is 1. The summed E-state index contributed by atoms with van der Waals surface area (Å²) < 4.78 is 27.7. The molecule has 1 aliphatic rings. The van der Waals surface area contributed by atoms with Gasteiger partial charge in [-0.15, -0.1) is 0 Å². The van der Waals surface area contributed by atoms with E-state index in [0.29, 0.717) is 12.3 Å². The first kappa shape index (κ1) is 20.4. The highest BCUT2D eigenvalue weighted by atomic mass is 32.1. The zero-order valence-electron chi connectivity index (χ0n) is 13.7. The van der Waals surface area contributed by atoms with E-state index >= 15 is 0 Å². The first-order valence-corrected chi connectivity index (χ1v) is 9.56. The maximum absolute atomic E-state index is 12.3. The first-order valence-electron chi connectivity index (χ1n) is 7.47. The molecule has 0 aromatic heterocycles. The number of nitrogens with one attached hydrogen (secondary N) is 2. The average molecular weight is 368 g/mol. The van der Waals surface area contributed by atoms with Crippen molar-refractivity contribution in [2.75, 3.05) is 32.1 Å². The summed E-state index contributed by atoms with van der Waals surface area (Å²) in [6.45, 7) is 6.06. The number of rotatable bonds is 8. The predicted octanol–water partition coefficient (Wildman–Crippen LogP) is 1.12. The summed E-state index contributed by atoms with van der Waals surface area (Å²) in [5, 5.41) is 5.27. The average Bonchev–Trinajstić information content (AvgIpc) is 2.48. The molecule has 1 heterocycles. The Kier molecular flexibility index (Phi) is 8.03. The molecule has 1 saturated heterocycles. The molecule has 1 unspecified atom stereocenters. The fraction of sp³-hybridized carbons (Fsp3) is 0.846. The molecule has 2 N–H and O–H groups in total. The number of hydrogen-bond acceptors (Lipinski definition) is 7. The van der Waals surface area contributed by atoms with Crippen molar-refractivity contribution in [1.82, 2.24) is 10.6 Å². The molecule has 0 aromatic rings. The van der Waals surface area contributed by atoms with Gasteiger partial charge in [-0.2, -0.15) is 12.6 Å². The van der Waals surface area contributed by atoms with Crippen LogP contribution in [0.1, 0.15) is 27.2 Å². The van der Waals surface area contributed by atoms with Gasteiger partial charge in [0.2, 0.25) is 11.8 Å². The summed E-state index contributed by atoms with van der Waals surface area (Å²) in [4.78, 5) is 23.8. The molecule has 0 saturated carbocycles. The van der Waals surface area contributed by atoms with E-state index in [0.717, 1.165) is 0 Å². The molecule has 1 fully saturated rings. The van der Waals surface area contributed by atoms with Crippen molar-refractivity contribution in [2.45, 2.75) is 33.3 Å². The summed E-state index contributed by atoms with van der Waals surface area (Å²) in [6, 6.07) is 0. The van der Waals surface area contributed by atoms with E-state index < -0.39 is 25.2 Å². The van der Waals surface area contributed by atoms with Crippen molar-refractivity contribution >= 4 is 32.3 Å². The standard InChI is InChI=1S/C13H25N2O6PS/c1-4-19-22(18)20-9-13(2,3)11(21-22)12(17)15-6-5-10(16)14-7-8-23/h11,23H,4-9H2,1-3H3,(H,14,16)(H,15,17)/t11-,22?/m1/s1. The summed E-state index contributed by atoms with van der Waals surface area (Å²) in [5.41, 5.74) is -0.663. The van der Waals surface area contributed by atoms with Crippen LogP contribution < -0.4 is 10.6 Å². The Morgan fingerprint density at radius 1 is 1.35 bits per heavy atom. The van der Waals surface area contributed by atoms with Crippen molar-refractivity contribution < 1.29 is 27.7 Å². The minimum Gasteiger partial charge on any atom is -0.355 e. The Labute approximate surface area is 142 Å². The van der Waals surface area contributed by atoms with Gasteiger partial charge in [-0.25, -0.2) is 4.57 Å². The van der Waals surface area contributed by atoms with Crippen LogP contribution in [-0.2, 0) is 27.7 Å². The van der Waals surface area contributed by atoms with Crippen molar-refractivity contribution in [3.8, 4) is 0 Å². The Bertz CT molecular complexity index is 473. The van der Waals surface area contributed by atoms with Crippen molar-refractivity contribution in [2.24, 2.45) is 5.41 Å². The van der Waals surface area contributed by atoms with Crippen LogP contribution >= 0.6 is 20.5 Å². The third-order valence-electron chi connectivity index (χ3n) is 3.15. The van der Waals surface area contributed by atoms with E-state index in [1.165, 1.54) is 0 Å². The highest BCUT2D eigenvalue weighted by Crippen LogP contribution is 2.56. The fourth-order valence-electron chi connectivity index (χ4n) is 1.93. The number of hydrogen-bond donors (Lipinski definition) is 3. The van der Waals surface area contributed by atoms with Crippen LogP contribution in [0.4, 0.5) is 0 Å². The number of phosphoric acid groups is 1. The fourth-order valence-corrected chi connectivity index (χ4v) is 3.68. The summed E-state index contributed by atoms with van der Waals surface area (Å²) >= 11 is 3.99. The summed E-state index contributed by atoms with van der Waals surface area (Å²) in [5.74, 6) is -0.0683. The normalized spacial score (nSPS) is 26.5. The van der Waals surface area contributed by atoms with Gasteiger partial charge < -0.3 is 10.6 Å². The van der Waals surface area contributed by atoms with Gasteiger partial charge in [0.1, 0.15) is 0 Å². The molecule has 134 valence electrons. The number of carbonyl (C=O) groups excluding carboxylic acids is 2. The van der Waals surface area contributed by atoms with Gasteiger partial charge in [0.05, 0.1) is 13.2 Å². The van der Waals surface area contributed by atoms with Crippen molar-refractivity contribution in [3.05, 3.63) is 0 Å². The maximum atomic E-state index is 12.3. The zero-order valence-corrected chi connectivity index (χ0v) is 15.5. The van der Waals surface area contributed by atoms with E-state index in [4.69, 9.17) is 13.6 Å². The molecular weight excluding hydrogens is 343 g/mol. The first-order chi connectivity index (χ1) is 10.7. The monoisotopic (exact) mass is 368 g/mol. The van der Waals surface area contributed by atoms with E-state index in [2.05, 4.69) is 23.3 Å². The lowest BCUT2D eigenvalue weighted by Gasteiger charge is -2.39. The highest BCUT2D eigenvalue weighted by Gasteiger charge is 2.48. The van der Waals surface area contributed by atoms with Crippen LogP contribution in [0.5, 0.6) is 0 Å². The smallest absolute Gasteiger partial charge is 0.355 e. The van der Waals surface area contributed by atoms with Gasteiger partial charge in [0, 0.05) is 30.7 Å². The number of carbonyl (C=O) groups is 2. The molecule has 23 heavy (non-hydrogen) atoms. The van der Waals surface area contributed by atoms with Gasteiger partial charge in [0.15, 0.2) is 6.10 Å². The molecule has 2 amide bonds. The van der Waals surface area contributed by atoms with E-state index in [-0.39, 0.29) is 32.1 Å². The SMILES string of the molecule is CCOP1(=O)OCC(C)(C)[C@@H](C(=O)NCCC(=O)NCCS)O1. The van der Waals surface area contributed by atoms with Crippen LogP contribution in [0.15, 0.2) is 0 Å². The highest BCUT2D eigenvalue weighted by molar-refractivity contribution is 7.80. The predicted molar refractivity (Wildman–Crippen MR) is 88.3 cm³/mol. The molecule has 10 heteroatoms. The lowest BCUT2D eigenvalue weighted by molar-refractivity contribution is -0.141. The van der Waals surface area contributed by atoms with Crippen molar-refractivity contribution in [3.63, 3.8) is 0 Å². The Morgan fingerprint density at radius 3 is 2.65 bits per heavy atom. The summed E-state index contributed by atoms with van der Waals surface area (Å²) in [7, 11) is -3.72. The van der Waals surface area contributed by atoms with Crippen LogP contribution in [0.2, 0.25) is 0 Å². The van der Waals surface area contributed by atoms with E-state index in [1.54, 1.807) is 20.8 Å². The number of thiol groups is 1. The largest absolute Gasteiger partial charge is 0.475 e. The second kappa shape index (κ2) is 9.03. The molecule has 0 radical (unpaired) electrons. The van der Waals surface area contributed by atoms with Gasteiger partial charge in [-0.3, -0.25) is 23.2 Å². The Hall–Kier alpha value is -0.600. The van der Waals surface area contributed by atoms with Crippen LogP contribution in [-0.4, -0.2) is 50.0 Å². The third-order valence-corrected chi connectivity index (χ3v) is 4.86. The van der Waals surface area contributed by atoms with Gasteiger partial charge >= 0.3 is 7.82 Å². The Morgan fingerprint density at radius 2 is 2.04 bits per heavy atom. The summed E-state index contributed by atoms with van der Waals surface area (Å²) in [6.07, 6.45) is -0.833. The van der Waals surface area contributed by atoms with Crippen LogP contribution in [0.3, 0.4) is 0 Å². The van der Waals surface area contributed by atoms with Crippen LogP contribution in [0, 0.1) is 5.41 Å². The lowest BCUT2D eigenvalue weighted by atomic mass is 9.87. The molecule has 1 rings (SSSR count). The molecule has 0 spiro atoms. The Balaban J connectivity index is 2.54. The molecule has 1 aliphatic heterocycles. The number of amides is 2. The minimum absolute atomic E-state index is 0.0742. The van der Waals surface area contributed by atoms with Gasteiger partial charge in [-0.1, -0.05) is 13.8 Å². The van der Waals surface area contributed by atoms with Gasteiger partial charge in [-0.05, 0) is 6.92 Å². The van der Waals surface area contributed by atoms with Gasteiger partial charge in [0.25, 0.3) is 0 Å². The quantitative estimate of drug-likeness (QED) is 0.438. The molecule has 0 aliphatic carbocycles.